The highest BCUT2D eigenvalue weighted by Gasteiger charge is 2.34. The van der Waals surface area contributed by atoms with Crippen LogP contribution in [0.25, 0.3) is 10.9 Å². The Labute approximate surface area is 174 Å². The average molecular weight is 430 g/mol. The highest BCUT2D eigenvalue weighted by molar-refractivity contribution is 5.99. The zero-order valence-corrected chi connectivity index (χ0v) is 16.4. The third-order valence-corrected chi connectivity index (χ3v) is 6.20. The van der Waals surface area contributed by atoms with Crippen LogP contribution in [-0.2, 0) is 0 Å². The summed E-state index contributed by atoms with van der Waals surface area (Å²) in [4.78, 5) is 25.8. The van der Waals surface area contributed by atoms with E-state index in [1.54, 1.807) is 11.1 Å². The highest BCUT2D eigenvalue weighted by Crippen LogP contribution is 2.42. The van der Waals surface area contributed by atoms with Gasteiger partial charge in [-0.15, -0.1) is 0 Å². The Morgan fingerprint density at radius 3 is 2.48 bits per heavy atom. The molecule has 162 valence electrons. The molecule has 0 unspecified atom stereocenters. The van der Waals surface area contributed by atoms with Crippen LogP contribution in [-0.4, -0.2) is 44.1 Å². The number of aromatic amines is 1. The Morgan fingerprint density at radius 2 is 1.90 bits per heavy atom. The number of rotatable bonds is 4. The number of nitrogen functional groups attached to an aromatic ring is 1. The molecule has 1 aliphatic carbocycles. The zero-order valence-electron chi connectivity index (χ0n) is 16.4. The van der Waals surface area contributed by atoms with Gasteiger partial charge in [-0.05, 0) is 25.7 Å². The predicted molar refractivity (Wildman–Crippen MR) is 108 cm³/mol. The third-order valence-electron chi connectivity index (χ3n) is 6.20. The van der Waals surface area contributed by atoms with Crippen LogP contribution >= 0.6 is 0 Å². The number of nitrogens with zero attached hydrogens (tertiary/aromatic N) is 4. The summed E-state index contributed by atoms with van der Waals surface area (Å²) in [5.41, 5.74) is 4.31. The van der Waals surface area contributed by atoms with Crippen LogP contribution in [0.2, 0.25) is 0 Å². The van der Waals surface area contributed by atoms with E-state index in [2.05, 4.69) is 15.4 Å². The first-order valence-corrected chi connectivity index (χ1v) is 10.1. The molecule has 1 saturated carbocycles. The van der Waals surface area contributed by atoms with E-state index in [9.17, 15) is 14.7 Å². The number of aromatic carboxylic acids is 1. The quantitative estimate of drug-likeness (QED) is 0.542. The van der Waals surface area contributed by atoms with Crippen LogP contribution in [0, 0.1) is 11.6 Å². The molecule has 3 heterocycles. The number of carboxylic acids is 1. The number of fused-ring (bicyclic) bond motifs is 1. The zero-order chi connectivity index (χ0) is 21.9. The lowest BCUT2D eigenvalue weighted by Gasteiger charge is -2.34. The molecule has 5 rings (SSSR count). The molecule has 0 bridgehead atoms. The molecule has 4 N–H and O–H groups in total. The SMILES string of the molecule is Nc1c(F)c(N2CCC(c3cn[nH]n3)CC2)c(F)c2c1c(=O)c(C(=O)O)cn2C1CC1. The lowest BCUT2D eigenvalue weighted by Crippen LogP contribution is -2.35. The Balaban J connectivity index is 1.64. The summed E-state index contributed by atoms with van der Waals surface area (Å²) in [7, 11) is 0. The molecule has 11 heteroatoms. The van der Waals surface area contributed by atoms with Gasteiger partial charge in [-0.1, -0.05) is 0 Å². The van der Waals surface area contributed by atoms with Crippen LogP contribution in [0.5, 0.6) is 0 Å². The van der Waals surface area contributed by atoms with E-state index in [-0.39, 0.29) is 23.2 Å². The van der Waals surface area contributed by atoms with E-state index < -0.39 is 39.7 Å². The summed E-state index contributed by atoms with van der Waals surface area (Å²) in [5, 5.41) is 19.4. The molecule has 2 fully saturated rings. The van der Waals surface area contributed by atoms with Crippen molar-refractivity contribution in [2.75, 3.05) is 23.7 Å². The lowest BCUT2D eigenvalue weighted by atomic mass is 9.93. The number of anilines is 2. The number of hydrogen-bond donors (Lipinski definition) is 3. The fourth-order valence-electron chi connectivity index (χ4n) is 4.43. The van der Waals surface area contributed by atoms with Gasteiger partial charge in [0.2, 0.25) is 5.43 Å². The van der Waals surface area contributed by atoms with E-state index in [0.717, 1.165) is 11.9 Å². The molecule has 1 aromatic carbocycles. The molecule has 1 saturated heterocycles. The molecule has 31 heavy (non-hydrogen) atoms. The van der Waals surface area contributed by atoms with Gasteiger partial charge in [-0.2, -0.15) is 15.4 Å². The van der Waals surface area contributed by atoms with Gasteiger partial charge in [0.15, 0.2) is 11.6 Å². The predicted octanol–water partition coefficient (Wildman–Crippen LogP) is 2.40. The number of piperidine rings is 1. The summed E-state index contributed by atoms with van der Waals surface area (Å²) in [6, 6.07) is -0.147. The molecule has 2 aromatic heterocycles. The average Bonchev–Trinajstić information content (AvgIpc) is 3.45. The number of carboxylic acid groups (broad SMARTS) is 1. The van der Waals surface area contributed by atoms with Crippen molar-refractivity contribution in [2.24, 2.45) is 0 Å². The number of pyridine rings is 1. The number of nitrogens with two attached hydrogens (primary N) is 1. The summed E-state index contributed by atoms with van der Waals surface area (Å²) < 4.78 is 32.5. The number of nitrogens with one attached hydrogen (secondary N) is 1. The van der Waals surface area contributed by atoms with Gasteiger partial charge in [0.05, 0.1) is 28.5 Å². The van der Waals surface area contributed by atoms with Gasteiger partial charge in [-0.25, -0.2) is 13.6 Å². The van der Waals surface area contributed by atoms with Crippen molar-refractivity contribution in [1.29, 1.82) is 0 Å². The standard InChI is InChI=1S/C20H20F2N6O3/c21-14-16(23)13-17(28(10-1-2-10)8-11(19(13)29)20(30)31)15(22)18(14)27-5-3-9(4-6-27)12-7-24-26-25-12/h7-10H,1-6,23H2,(H,30,31)(H,24,25,26). The van der Waals surface area contributed by atoms with Crippen LogP contribution in [0.1, 0.15) is 53.7 Å². The number of carbonyl (C=O) groups is 1. The Kier molecular flexibility index (Phi) is 4.42. The monoisotopic (exact) mass is 430 g/mol. The first kappa shape index (κ1) is 19.5. The Bertz CT molecular complexity index is 1240. The van der Waals surface area contributed by atoms with Crippen LogP contribution < -0.4 is 16.1 Å². The first-order chi connectivity index (χ1) is 14.9. The minimum atomic E-state index is -1.46. The smallest absolute Gasteiger partial charge is 0.341 e. The second-order valence-corrected chi connectivity index (χ2v) is 8.09. The normalized spacial score (nSPS) is 17.4. The summed E-state index contributed by atoms with van der Waals surface area (Å²) >= 11 is 0. The number of aromatic nitrogens is 4. The number of hydrogen-bond acceptors (Lipinski definition) is 6. The largest absolute Gasteiger partial charge is 0.477 e. The second kappa shape index (κ2) is 7.03. The van der Waals surface area contributed by atoms with Crippen molar-refractivity contribution in [3.8, 4) is 0 Å². The molecule has 0 radical (unpaired) electrons. The maximum Gasteiger partial charge on any atom is 0.341 e. The van der Waals surface area contributed by atoms with Crippen molar-refractivity contribution >= 4 is 28.2 Å². The molecular weight excluding hydrogens is 410 g/mol. The van der Waals surface area contributed by atoms with Crippen molar-refractivity contribution in [3.63, 3.8) is 0 Å². The lowest BCUT2D eigenvalue weighted by molar-refractivity contribution is 0.0695. The van der Waals surface area contributed by atoms with E-state index in [1.807, 2.05) is 0 Å². The van der Waals surface area contributed by atoms with Crippen LogP contribution in [0.4, 0.5) is 20.2 Å². The third kappa shape index (κ3) is 3.03. The van der Waals surface area contributed by atoms with Gasteiger partial charge >= 0.3 is 5.97 Å². The molecule has 0 spiro atoms. The van der Waals surface area contributed by atoms with Gasteiger partial charge in [-0.3, -0.25) is 4.79 Å². The van der Waals surface area contributed by atoms with E-state index in [4.69, 9.17) is 5.73 Å². The van der Waals surface area contributed by atoms with E-state index in [1.165, 1.54) is 4.57 Å². The fourth-order valence-corrected chi connectivity index (χ4v) is 4.43. The first-order valence-electron chi connectivity index (χ1n) is 10.1. The van der Waals surface area contributed by atoms with Gasteiger partial charge in [0.25, 0.3) is 0 Å². The van der Waals surface area contributed by atoms with Crippen LogP contribution in [0.15, 0.2) is 17.2 Å². The van der Waals surface area contributed by atoms with Crippen molar-refractivity contribution in [3.05, 3.63) is 45.5 Å². The molecular formula is C20H20F2N6O3. The van der Waals surface area contributed by atoms with E-state index >= 15 is 8.78 Å². The maximum absolute atomic E-state index is 15.8. The summed E-state index contributed by atoms with van der Waals surface area (Å²) in [6.45, 7) is 0.744. The number of halogens is 2. The Hall–Kier alpha value is -3.50. The van der Waals surface area contributed by atoms with Gasteiger partial charge in [0.1, 0.15) is 11.3 Å². The summed E-state index contributed by atoms with van der Waals surface area (Å²) in [6.07, 6.45) is 5.46. The molecule has 3 aromatic rings. The van der Waals surface area contributed by atoms with E-state index in [0.29, 0.717) is 38.8 Å². The summed E-state index contributed by atoms with van der Waals surface area (Å²) in [5.74, 6) is -3.25. The molecule has 2 aliphatic rings. The van der Waals surface area contributed by atoms with Crippen LogP contribution in [0.3, 0.4) is 0 Å². The number of benzene rings is 1. The van der Waals surface area contributed by atoms with Gasteiger partial charge in [0, 0.05) is 31.2 Å². The van der Waals surface area contributed by atoms with Crippen molar-refractivity contribution < 1.29 is 18.7 Å². The molecule has 0 amide bonds. The maximum atomic E-state index is 15.8. The van der Waals surface area contributed by atoms with Crippen molar-refractivity contribution in [1.82, 2.24) is 20.0 Å². The van der Waals surface area contributed by atoms with Gasteiger partial charge < -0.3 is 20.3 Å². The minimum absolute atomic E-state index is 0.127. The molecule has 1 aliphatic heterocycles. The number of H-pyrrole nitrogens is 1. The van der Waals surface area contributed by atoms with Crippen molar-refractivity contribution in [2.45, 2.75) is 37.6 Å². The topological polar surface area (TPSA) is 130 Å². The molecule has 9 nitrogen and oxygen atoms in total. The highest BCUT2D eigenvalue weighted by atomic mass is 19.1. The Morgan fingerprint density at radius 1 is 1.19 bits per heavy atom. The fraction of sp³-hybridized carbons (Fsp3) is 0.400. The minimum Gasteiger partial charge on any atom is -0.477 e. The second-order valence-electron chi connectivity index (χ2n) is 8.09. The molecule has 0 atom stereocenters.